The highest BCUT2D eigenvalue weighted by atomic mass is 16.2. The highest BCUT2D eigenvalue weighted by Crippen LogP contribution is 2.39. The molecule has 3 aromatic rings. The van der Waals surface area contributed by atoms with Gasteiger partial charge < -0.3 is 0 Å². The summed E-state index contributed by atoms with van der Waals surface area (Å²) in [6.45, 7) is 1.98. The van der Waals surface area contributed by atoms with Crippen LogP contribution in [0.4, 0.5) is 11.4 Å². The molecule has 5 rings (SSSR count). The van der Waals surface area contributed by atoms with E-state index >= 15 is 0 Å². The lowest BCUT2D eigenvalue weighted by Gasteiger charge is -2.22. The zero-order valence-corrected chi connectivity index (χ0v) is 15.9. The molecule has 2 amide bonds. The molecule has 0 spiro atoms. The fourth-order valence-corrected chi connectivity index (χ4v) is 4.00. The molecule has 1 saturated heterocycles. The summed E-state index contributed by atoms with van der Waals surface area (Å²) in [7, 11) is 0. The van der Waals surface area contributed by atoms with E-state index in [9.17, 15) is 9.59 Å². The van der Waals surface area contributed by atoms with Crippen molar-refractivity contribution in [3.8, 4) is 0 Å². The summed E-state index contributed by atoms with van der Waals surface area (Å²) in [6.07, 6.45) is 0. The smallest absolute Gasteiger partial charge is 0.259 e. The molecule has 5 nitrogen and oxygen atoms in total. The molecular formula is C24H19N3O2. The number of carbonyl (C=O) groups excluding carboxylic acids is 2. The molecule has 29 heavy (non-hydrogen) atoms. The van der Waals surface area contributed by atoms with Gasteiger partial charge >= 0.3 is 0 Å². The van der Waals surface area contributed by atoms with Crippen molar-refractivity contribution in [3.63, 3.8) is 0 Å². The molecule has 0 aromatic heterocycles. The number of amides is 2. The van der Waals surface area contributed by atoms with Gasteiger partial charge in [-0.15, -0.1) is 0 Å². The van der Waals surface area contributed by atoms with Crippen LogP contribution in [0.5, 0.6) is 0 Å². The highest BCUT2D eigenvalue weighted by Gasteiger charge is 2.57. The van der Waals surface area contributed by atoms with Crippen molar-refractivity contribution in [2.75, 3.05) is 9.91 Å². The van der Waals surface area contributed by atoms with Crippen LogP contribution in [0.15, 0.2) is 90.0 Å². The number of imide groups is 1. The van der Waals surface area contributed by atoms with E-state index in [1.807, 2.05) is 91.9 Å². The molecule has 0 aliphatic carbocycles. The van der Waals surface area contributed by atoms with Crippen LogP contribution in [0.1, 0.15) is 11.1 Å². The van der Waals surface area contributed by atoms with Crippen LogP contribution < -0.4 is 9.91 Å². The van der Waals surface area contributed by atoms with E-state index in [2.05, 4.69) is 0 Å². The topological polar surface area (TPSA) is 53.0 Å². The number of rotatable bonds is 3. The number of para-hydroxylation sites is 1. The van der Waals surface area contributed by atoms with Gasteiger partial charge in [-0.05, 0) is 36.8 Å². The molecule has 2 atom stereocenters. The number of anilines is 2. The Kier molecular flexibility index (Phi) is 4.02. The molecule has 2 aliphatic heterocycles. The molecular weight excluding hydrogens is 362 g/mol. The summed E-state index contributed by atoms with van der Waals surface area (Å²) in [5, 5.41) is 6.43. The maximum atomic E-state index is 13.4. The molecule has 0 radical (unpaired) electrons. The largest absolute Gasteiger partial charge is 0.273 e. The van der Waals surface area contributed by atoms with E-state index in [1.54, 1.807) is 5.01 Å². The van der Waals surface area contributed by atoms with E-state index in [1.165, 1.54) is 4.90 Å². The lowest BCUT2D eigenvalue weighted by molar-refractivity contribution is -0.121. The number of carbonyl (C=O) groups is 2. The Labute approximate surface area is 168 Å². The number of aryl methyl sites for hydroxylation is 1. The number of nitrogens with zero attached hydrogens (tertiary/aromatic N) is 3. The molecule has 2 aliphatic rings. The summed E-state index contributed by atoms with van der Waals surface area (Å²) >= 11 is 0. The average Bonchev–Trinajstić information content (AvgIpc) is 3.27. The predicted molar refractivity (Wildman–Crippen MR) is 113 cm³/mol. The minimum absolute atomic E-state index is 0.232. The normalized spacial score (nSPS) is 20.8. The number of hydrazone groups is 1. The Bertz CT molecular complexity index is 1110. The van der Waals surface area contributed by atoms with Gasteiger partial charge in [0.15, 0.2) is 0 Å². The van der Waals surface area contributed by atoms with Gasteiger partial charge in [-0.25, -0.2) is 4.90 Å². The molecule has 0 unspecified atom stereocenters. The van der Waals surface area contributed by atoms with Crippen molar-refractivity contribution in [1.29, 1.82) is 0 Å². The molecule has 142 valence electrons. The fourth-order valence-electron chi connectivity index (χ4n) is 4.00. The van der Waals surface area contributed by atoms with Crippen molar-refractivity contribution in [2.45, 2.75) is 13.0 Å². The summed E-state index contributed by atoms with van der Waals surface area (Å²) in [4.78, 5) is 28.2. The Hall–Kier alpha value is -3.73. The zero-order chi connectivity index (χ0) is 20.0. The Morgan fingerprint density at radius 1 is 0.724 bits per heavy atom. The van der Waals surface area contributed by atoms with E-state index in [4.69, 9.17) is 5.10 Å². The molecule has 5 heteroatoms. The van der Waals surface area contributed by atoms with E-state index in [0.717, 1.165) is 16.8 Å². The number of hydrogen-bond donors (Lipinski definition) is 0. The van der Waals surface area contributed by atoms with Crippen molar-refractivity contribution in [2.24, 2.45) is 11.0 Å². The second kappa shape index (κ2) is 6.71. The summed E-state index contributed by atoms with van der Waals surface area (Å²) in [6, 6.07) is 25.9. The van der Waals surface area contributed by atoms with Gasteiger partial charge in [-0.2, -0.15) is 5.10 Å². The first-order valence-corrected chi connectivity index (χ1v) is 9.58. The first-order valence-electron chi connectivity index (χ1n) is 9.58. The second-order valence-electron chi connectivity index (χ2n) is 7.30. The number of hydrogen-bond acceptors (Lipinski definition) is 4. The van der Waals surface area contributed by atoms with E-state index < -0.39 is 12.0 Å². The minimum atomic E-state index is -0.679. The molecule has 0 N–H and O–H groups in total. The van der Waals surface area contributed by atoms with Crippen LogP contribution in [-0.4, -0.2) is 23.6 Å². The lowest BCUT2D eigenvalue weighted by atomic mass is 9.93. The molecule has 1 fully saturated rings. The fraction of sp³-hybridized carbons (Fsp3) is 0.125. The lowest BCUT2D eigenvalue weighted by Crippen LogP contribution is -2.39. The maximum absolute atomic E-state index is 13.4. The molecule has 0 saturated carbocycles. The third-order valence-corrected chi connectivity index (χ3v) is 5.43. The summed E-state index contributed by atoms with van der Waals surface area (Å²) in [5.41, 5.74) is 3.95. The Morgan fingerprint density at radius 2 is 1.34 bits per heavy atom. The number of benzene rings is 3. The Morgan fingerprint density at radius 3 is 2.00 bits per heavy atom. The van der Waals surface area contributed by atoms with Gasteiger partial charge in [0.05, 0.1) is 17.1 Å². The van der Waals surface area contributed by atoms with Crippen LogP contribution in [0.3, 0.4) is 0 Å². The van der Waals surface area contributed by atoms with Gasteiger partial charge in [-0.3, -0.25) is 14.6 Å². The van der Waals surface area contributed by atoms with Gasteiger partial charge in [0.1, 0.15) is 12.0 Å². The minimum Gasteiger partial charge on any atom is -0.273 e. The van der Waals surface area contributed by atoms with E-state index in [0.29, 0.717) is 11.4 Å². The van der Waals surface area contributed by atoms with Crippen LogP contribution >= 0.6 is 0 Å². The highest BCUT2D eigenvalue weighted by molar-refractivity contribution is 6.34. The third-order valence-electron chi connectivity index (χ3n) is 5.43. The average molecular weight is 381 g/mol. The standard InChI is InChI=1S/C24H19N3O2/c1-16-12-14-18(15-13-16)26-23(28)20-21(17-8-4-2-5-9-17)25-27(22(20)24(26)29)19-10-6-3-7-11-19/h2-15,20,22H,1H3/t20-,22-/m1/s1. The predicted octanol–water partition coefficient (Wildman–Crippen LogP) is 3.78. The second-order valence-corrected chi connectivity index (χ2v) is 7.30. The number of fused-ring (bicyclic) bond motifs is 1. The van der Waals surface area contributed by atoms with Crippen molar-refractivity contribution < 1.29 is 9.59 Å². The van der Waals surface area contributed by atoms with Crippen molar-refractivity contribution in [1.82, 2.24) is 0 Å². The van der Waals surface area contributed by atoms with Crippen LogP contribution in [0.25, 0.3) is 0 Å². The van der Waals surface area contributed by atoms with Crippen molar-refractivity contribution in [3.05, 3.63) is 96.1 Å². The van der Waals surface area contributed by atoms with Crippen LogP contribution in [0, 0.1) is 12.8 Å². The molecule has 3 aromatic carbocycles. The van der Waals surface area contributed by atoms with Crippen LogP contribution in [0.2, 0.25) is 0 Å². The quantitative estimate of drug-likeness (QED) is 0.649. The SMILES string of the molecule is Cc1ccc(N2C(=O)[C@@H]3C(c4ccccc4)=NN(c4ccccc4)[C@H]3C2=O)cc1. The van der Waals surface area contributed by atoms with Crippen molar-refractivity contribution >= 4 is 28.9 Å². The zero-order valence-electron chi connectivity index (χ0n) is 15.9. The maximum Gasteiger partial charge on any atom is 0.259 e. The third kappa shape index (κ3) is 2.74. The first-order chi connectivity index (χ1) is 14.1. The summed E-state index contributed by atoms with van der Waals surface area (Å²) in [5.74, 6) is -1.11. The van der Waals surface area contributed by atoms with Gasteiger partial charge in [0.25, 0.3) is 5.91 Å². The van der Waals surface area contributed by atoms with Gasteiger partial charge in [0, 0.05) is 0 Å². The monoisotopic (exact) mass is 381 g/mol. The van der Waals surface area contributed by atoms with E-state index in [-0.39, 0.29) is 11.8 Å². The summed E-state index contributed by atoms with van der Waals surface area (Å²) < 4.78 is 0. The van der Waals surface area contributed by atoms with Crippen LogP contribution in [-0.2, 0) is 9.59 Å². The Balaban J connectivity index is 1.63. The molecule has 0 bridgehead atoms. The molecule has 2 heterocycles. The van der Waals surface area contributed by atoms with Gasteiger partial charge in [-0.1, -0.05) is 66.2 Å². The first kappa shape index (κ1) is 17.4. The van der Waals surface area contributed by atoms with Gasteiger partial charge in [0.2, 0.25) is 5.91 Å².